The van der Waals surface area contributed by atoms with Crippen molar-refractivity contribution in [1.29, 1.82) is 0 Å². The molecule has 6 heteroatoms. The fourth-order valence-corrected chi connectivity index (χ4v) is 2.82. The number of carbonyl (C=O) groups is 1. The number of nitrogens with zero attached hydrogens (tertiary/aromatic N) is 1. The highest BCUT2D eigenvalue weighted by Crippen LogP contribution is 2.13. The molecule has 0 aromatic heterocycles. The maximum absolute atomic E-state index is 12.3. The van der Waals surface area contributed by atoms with Crippen LogP contribution in [0.3, 0.4) is 0 Å². The Labute approximate surface area is 144 Å². The molecule has 0 saturated carbocycles. The van der Waals surface area contributed by atoms with Crippen LogP contribution in [0.25, 0.3) is 0 Å². The van der Waals surface area contributed by atoms with E-state index in [1.54, 1.807) is 0 Å². The number of likely N-dealkylation sites (N-methyl/N-ethyl adjacent to an activating group) is 1. The third kappa shape index (κ3) is 5.43. The fourth-order valence-electron chi connectivity index (χ4n) is 2.70. The van der Waals surface area contributed by atoms with E-state index >= 15 is 0 Å². The predicted molar refractivity (Wildman–Crippen MR) is 93.7 cm³/mol. The first-order valence-electron chi connectivity index (χ1n) is 7.53. The number of benzene rings is 1. The van der Waals surface area contributed by atoms with Crippen molar-refractivity contribution in [3.05, 3.63) is 34.9 Å². The normalized spacial score (nSPS) is 20.0. The van der Waals surface area contributed by atoms with Gasteiger partial charge in [-0.3, -0.25) is 9.69 Å². The van der Waals surface area contributed by atoms with Crippen LogP contribution in [-0.4, -0.2) is 43.0 Å². The van der Waals surface area contributed by atoms with Crippen LogP contribution < -0.4 is 10.6 Å². The van der Waals surface area contributed by atoms with Gasteiger partial charge in [0.25, 0.3) is 0 Å². The quantitative estimate of drug-likeness (QED) is 0.861. The summed E-state index contributed by atoms with van der Waals surface area (Å²) in [5.41, 5.74) is 1.06. The van der Waals surface area contributed by atoms with E-state index in [9.17, 15) is 4.79 Å². The summed E-state index contributed by atoms with van der Waals surface area (Å²) in [7, 11) is 1.99. The minimum absolute atomic E-state index is 0. The first-order valence-corrected chi connectivity index (χ1v) is 7.91. The Morgan fingerprint density at radius 1 is 1.41 bits per heavy atom. The largest absolute Gasteiger partial charge is 0.351 e. The molecule has 22 heavy (non-hydrogen) atoms. The molecule has 2 N–H and O–H groups in total. The standard InChI is InChI=1S/C16H24ClN3O.ClH/c1-12(20-9-3-4-15(11-20)18-2)16(21)19-10-13-5-7-14(17)8-6-13;/h5-8,12,15,18H,3-4,9-11H2,1-2H3,(H,19,21);1H. The van der Waals surface area contributed by atoms with E-state index in [1.807, 2.05) is 38.2 Å². The number of likely N-dealkylation sites (tertiary alicyclic amines) is 1. The van der Waals surface area contributed by atoms with Gasteiger partial charge >= 0.3 is 0 Å². The molecule has 124 valence electrons. The van der Waals surface area contributed by atoms with Crippen LogP contribution in [0.5, 0.6) is 0 Å². The highest BCUT2D eigenvalue weighted by Gasteiger charge is 2.26. The van der Waals surface area contributed by atoms with E-state index in [0.717, 1.165) is 25.1 Å². The van der Waals surface area contributed by atoms with Gasteiger partial charge in [0.15, 0.2) is 0 Å². The zero-order valence-electron chi connectivity index (χ0n) is 13.1. The number of halogens is 2. The number of amides is 1. The summed E-state index contributed by atoms with van der Waals surface area (Å²) in [4.78, 5) is 14.5. The van der Waals surface area contributed by atoms with Crippen LogP contribution in [0, 0.1) is 0 Å². The lowest BCUT2D eigenvalue weighted by atomic mass is 10.0. The van der Waals surface area contributed by atoms with Crippen molar-refractivity contribution < 1.29 is 4.79 Å². The summed E-state index contributed by atoms with van der Waals surface area (Å²) in [6, 6.07) is 7.96. The Morgan fingerprint density at radius 3 is 2.73 bits per heavy atom. The summed E-state index contributed by atoms with van der Waals surface area (Å²) in [5, 5.41) is 7.02. The van der Waals surface area contributed by atoms with Gasteiger partial charge in [-0.25, -0.2) is 0 Å². The lowest BCUT2D eigenvalue weighted by Gasteiger charge is -2.35. The molecule has 1 heterocycles. The molecule has 0 aliphatic carbocycles. The summed E-state index contributed by atoms with van der Waals surface area (Å²) in [6.07, 6.45) is 2.33. The van der Waals surface area contributed by atoms with Crippen LogP contribution >= 0.6 is 24.0 Å². The topological polar surface area (TPSA) is 44.4 Å². The van der Waals surface area contributed by atoms with Gasteiger partial charge in [-0.1, -0.05) is 23.7 Å². The van der Waals surface area contributed by atoms with E-state index in [4.69, 9.17) is 11.6 Å². The van der Waals surface area contributed by atoms with Crippen molar-refractivity contribution in [1.82, 2.24) is 15.5 Å². The summed E-state index contributed by atoms with van der Waals surface area (Å²) < 4.78 is 0. The second-order valence-corrected chi connectivity index (χ2v) is 6.08. The zero-order chi connectivity index (χ0) is 15.2. The molecule has 4 nitrogen and oxygen atoms in total. The monoisotopic (exact) mass is 345 g/mol. The summed E-state index contributed by atoms with van der Waals surface area (Å²) >= 11 is 5.85. The van der Waals surface area contributed by atoms with Crippen LogP contribution in [0.1, 0.15) is 25.3 Å². The van der Waals surface area contributed by atoms with Gasteiger partial charge < -0.3 is 10.6 Å². The van der Waals surface area contributed by atoms with Gasteiger partial charge in [0.2, 0.25) is 5.91 Å². The van der Waals surface area contributed by atoms with Crippen molar-refractivity contribution in [2.24, 2.45) is 0 Å². The number of piperidine rings is 1. The molecule has 1 aliphatic heterocycles. The second kappa shape index (κ2) is 9.36. The van der Waals surface area contributed by atoms with Gasteiger partial charge in [-0.15, -0.1) is 12.4 Å². The smallest absolute Gasteiger partial charge is 0.237 e. The van der Waals surface area contributed by atoms with Crippen molar-refractivity contribution >= 4 is 29.9 Å². The van der Waals surface area contributed by atoms with E-state index < -0.39 is 0 Å². The molecule has 1 aromatic rings. The Bertz CT molecular complexity index is 467. The number of rotatable bonds is 5. The Balaban J connectivity index is 0.00000242. The van der Waals surface area contributed by atoms with Gasteiger partial charge in [0, 0.05) is 24.2 Å². The highest BCUT2D eigenvalue weighted by atomic mass is 35.5. The SMILES string of the molecule is CNC1CCCN(C(C)C(=O)NCc2ccc(Cl)cc2)C1.Cl. The Morgan fingerprint density at radius 2 is 2.09 bits per heavy atom. The van der Waals surface area contributed by atoms with Crippen molar-refractivity contribution in [2.75, 3.05) is 20.1 Å². The van der Waals surface area contributed by atoms with E-state index in [0.29, 0.717) is 17.6 Å². The molecule has 2 atom stereocenters. The zero-order valence-corrected chi connectivity index (χ0v) is 14.7. The average Bonchev–Trinajstić information content (AvgIpc) is 2.53. The Kier molecular flexibility index (Phi) is 8.18. The van der Waals surface area contributed by atoms with Crippen molar-refractivity contribution in [2.45, 2.75) is 38.4 Å². The number of hydrogen-bond acceptors (Lipinski definition) is 3. The number of nitrogens with one attached hydrogen (secondary N) is 2. The number of hydrogen-bond donors (Lipinski definition) is 2. The maximum Gasteiger partial charge on any atom is 0.237 e. The molecule has 0 bridgehead atoms. The molecule has 0 spiro atoms. The fraction of sp³-hybridized carbons (Fsp3) is 0.562. The van der Waals surface area contributed by atoms with Gasteiger partial charge in [0.1, 0.15) is 0 Å². The first kappa shape index (κ1) is 19.2. The van der Waals surface area contributed by atoms with Crippen LogP contribution in [0.2, 0.25) is 5.02 Å². The molecule has 1 aromatic carbocycles. The molecule has 0 radical (unpaired) electrons. The van der Waals surface area contributed by atoms with Gasteiger partial charge in [-0.2, -0.15) is 0 Å². The third-order valence-corrected chi connectivity index (χ3v) is 4.42. The molecule has 2 unspecified atom stereocenters. The minimum Gasteiger partial charge on any atom is -0.351 e. The second-order valence-electron chi connectivity index (χ2n) is 5.64. The molecule has 1 fully saturated rings. The predicted octanol–water partition coefficient (Wildman–Crippen LogP) is 2.45. The minimum atomic E-state index is -0.0894. The highest BCUT2D eigenvalue weighted by molar-refractivity contribution is 6.30. The van der Waals surface area contributed by atoms with E-state index in [1.165, 1.54) is 6.42 Å². The molecule has 1 amide bonds. The molecule has 1 saturated heterocycles. The van der Waals surface area contributed by atoms with E-state index in [2.05, 4.69) is 15.5 Å². The molecular formula is C16H25Cl2N3O. The van der Waals surface area contributed by atoms with Gasteiger partial charge in [0.05, 0.1) is 6.04 Å². The van der Waals surface area contributed by atoms with Crippen LogP contribution in [0.4, 0.5) is 0 Å². The maximum atomic E-state index is 12.3. The van der Waals surface area contributed by atoms with Crippen LogP contribution in [0.15, 0.2) is 24.3 Å². The molecular weight excluding hydrogens is 321 g/mol. The van der Waals surface area contributed by atoms with Crippen LogP contribution in [-0.2, 0) is 11.3 Å². The van der Waals surface area contributed by atoms with E-state index in [-0.39, 0.29) is 24.4 Å². The van der Waals surface area contributed by atoms with Gasteiger partial charge in [-0.05, 0) is 51.1 Å². The van der Waals surface area contributed by atoms with Crippen molar-refractivity contribution in [3.63, 3.8) is 0 Å². The summed E-state index contributed by atoms with van der Waals surface area (Å²) in [6.45, 7) is 4.46. The number of carbonyl (C=O) groups excluding carboxylic acids is 1. The molecule has 1 aliphatic rings. The lowest BCUT2D eigenvalue weighted by molar-refractivity contribution is -0.126. The molecule has 2 rings (SSSR count). The van der Waals surface area contributed by atoms with Crippen molar-refractivity contribution in [3.8, 4) is 0 Å². The first-order chi connectivity index (χ1) is 10.1. The Hall–Kier alpha value is -0.810. The lowest BCUT2D eigenvalue weighted by Crippen LogP contribution is -2.52. The third-order valence-electron chi connectivity index (χ3n) is 4.17. The summed E-state index contributed by atoms with van der Waals surface area (Å²) in [5.74, 6) is 0.0849. The average molecular weight is 346 g/mol.